The van der Waals surface area contributed by atoms with Gasteiger partial charge in [0, 0.05) is 37.3 Å². The first-order valence-electron chi connectivity index (χ1n) is 9.07. The van der Waals surface area contributed by atoms with Crippen LogP contribution < -0.4 is 4.90 Å². The number of rotatable bonds is 4. The quantitative estimate of drug-likeness (QED) is 0.579. The molecule has 0 bridgehead atoms. The molecule has 2 aromatic rings. The van der Waals surface area contributed by atoms with Crippen LogP contribution in [-0.2, 0) is 16.4 Å². The van der Waals surface area contributed by atoms with Gasteiger partial charge in [-0.3, -0.25) is 14.9 Å². The summed E-state index contributed by atoms with van der Waals surface area (Å²) in [5.74, 6) is -0.302. The second-order valence-electron chi connectivity index (χ2n) is 6.91. The molecule has 0 saturated carbocycles. The summed E-state index contributed by atoms with van der Waals surface area (Å²) >= 11 is 0. The van der Waals surface area contributed by atoms with Crippen LogP contribution in [-0.4, -0.2) is 43.2 Å². The van der Waals surface area contributed by atoms with Crippen LogP contribution in [0, 0.1) is 10.1 Å². The lowest BCUT2D eigenvalue weighted by atomic mass is 10.1. The van der Waals surface area contributed by atoms with Crippen LogP contribution in [0.25, 0.3) is 0 Å². The van der Waals surface area contributed by atoms with Crippen molar-refractivity contribution in [2.45, 2.75) is 24.2 Å². The van der Waals surface area contributed by atoms with Gasteiger partial charge in [0.05, 0.1) is 15.5 Å². The Balaban J connectivity index is 1.59. The molecular formula is C19H19N3O5S. The Bertz CT molecular complexity index is 1040. The molecule has 1 fully saturated rings. The molecule has 146 valence electrons. The number of hydrogen-bond donors (Lipinski definition) is 0. The van der Waals surface area contributed by atoms with Gasteiger partial charge in [-0.05, 0) is 49.1 Å². The summed E-state index contributed by atoms with van der Waals surface area (Å²) < 4.78 is 26.7. The standard InChI is InChI=1S/C19H19N3O5S/c23-19(21-12-9-14-3-6-16(22(24)25)13-18(14)21)15-4-7-17(8-5-15)28(26,27)20-10-1-2-11-20/h3-8,13H,1-2,9-12H2. The van der Waals surface area contributed by atoms with Crippen molar-refractivity contribution < 1.29 is 18.1 Å². The Hall–Kier alpha value is -2.78. The van der Waals surface area contributed by atoms with Crippen molar-refractivity contribution in [3.63, 3.8) is 0 Å². The maximum absolute atomic E-state index is 12.9. The number of nitro groups is 1. The summed E-state index contributed by atoms with van der Waals surface area (Å²) in [7, 11) is -3.53. The average molecular weight is 401 g/mol. The van der Waals surface area contributed by atoms with E-state index in [0.29, 0.717) is 37.3 Å². The second-order valence-corrected chi connectivity index (χ2v) is 8.85. The molecule has 28 heavy (non-hydrogen) atoms. The molecule has 1 amide bonds. The lowest BCUT2D eigenvalue weighted by Crippen LogP contribution is -2.29. The number of fused-ring (bicyclic) bond motifs is 1. The van der Waals surface area contributed by atoms with E-state index in [1.54, 1.807) is 6.07 Å². The fraction of sp³-hybridized carbons (Fsp3) is 0.316. The topological polar surface area (TPSA) is 101 Å². The normalized spacial score (nSPS) is 16.9. The van der Waals surface area contributed by atoms with E-state index in [2.05, 4.69) is 0 Å². The Morgan fingerprint density at radius 1 is 1.00 bits per heavy atom. The van der Waals surface area contributed by atoms with Gasteiger partial charge in [0.1, 0.15) is 0 Å². The maximum atomic E-state index is 12.9. The molecule has 2 heterocycles. The van der Waals surface area contributed by atoms with E-state index in [1.165, 1.54) is 45.6 Å². The number of nitrogens with zero attached hydrogens (tertiary/aromatic N) is 3. The number of anilines is 1. The summed E-state index contributed by atoms with van der Waals surface area (Å²) in [4.78, 5) is 25.1. The minimum Gasteiger partial charge on any atom is -0.308 e. The number of sulfonamides is 1. The van der Waals surface area contributed by atoms with Gasteiger partial charge in [-0.1, -0.05) is 6.07 Å². The molecule has 1 saturated heterocycles. The molecule has 9 heteroatoms. The van der Waals surface area contributed by atoms with Crippen LogP contribution in [0.4, 0.5) is 11.4 Å². The SMILES string of the molecule is O=C(c1ccc(S(=O)(=O)N2CCCC2)cc1)N1CCc2ccc([N+](=O)[O-])cc21. The maximum Gasteiger partial charge on any atom is 0.271 e. The van der Waals surface area contributed by atoms with Gasteiger partial charge in [0.15, 0.2) is 0 Å². The number of nitro benzene ring substituents is 1. The van der Waals surface area contributed by atoms with Gasteiger partial charge in [0.2, 0.25) is 10.0 Å². The smallest absolute Gasteiger partial charge is 0.271 e. The molecule has 0 N–H and O–H groups in total. The summed E-state index contributed by atoms with van der Waals surface area (Å²) in [6.07, 6.45) is 2.34. The first-order chi connectivity index (χ1) is 13.4. The molecule has 2 aliphatic heterocycles. The highest BCUT2D eigenvalue weighted by Gasteiger charge is 2.29. The van der Waals surface area contributed by atoms with E-state index in [1.807, 2.05) is 0 Å². The van der Waals surface area contributed by atoms with Crippen molar-refractivity contribution in [1.82, 2.24) is 4.31 Å². The van der Waals surface area contributed by atoms with Crippen LogP contribution >= 0.6 is 0 Å². The Kier molecular flexibility index (Phi) is 4.64. The monoisotopic (exact) mass is 401 g/mol. The van der Waals surface area contributed by atoms with Gasteiger partial charge < -0.3 is 4.90 Å². The summed E-state index contributed by atoms with van der Waals surface area (Å²) in [6.45, 7) is 1.47. The highest BCUT2D eigenvalue weighted by molar-refractivity contribution is 7.89. The summed E-state index contributed by atoms with van der Waals surface area (Å²) in [5.41, 5.74) is 1.70. The van der Waals surface area contributed by atoms with Gasteiger partial charge in [-0.2, -0.15) is 4.31 Å². The van der Waals surface area contributed by atoms with Crippen LogP contribution in [0.5, 0.6) is 0 Å². The summed E-state index contributed by atoms with van der Waals surface area (Å²) in [5, 5.41) is 11.0. The van der Waals surface area contributed by atoms with Gasteiger partial charge >= 0.3 is 0 Å². The van der Waals surface area contributed by atoms with E-state index in [0.717, 1.165) is 18.4 Å². The number of amides is 1. The lowest BCUT2D eigenvalue weighted by molar-refractivity contribution is -0.384. The van der Waals surface area contributed by atoms with Crippen molar-refractivity contribution in [2.24, 2.45) is 0 Å². The fourth-order valence-corrected chi connectivity index (χ4v) is 5.21. The molecule has 4 rings (SSSR count). The summed E-state index contributed by atoms with van der Waals surface area (Å²) in [6, 6.07) is 10.4. The van der Waals surface area contributed by atoms with E-state index in [-0.39, 0.29) is 16.5 Å². The molecule has 0 spiro atoms. The fourth-order valence-electron chi connectivity index (χ4n) is 3.69. The lowest BCUT2D eigenvalue weighted by Gasteiger charge is -2.18. The molecule has 2 aromatic carbocycles. The van der Waals surface area contributed by atoms with Crippen LogP contribution in [0.3, 0.4) is 0 Å². The highest BCUT2D eigenvalue weighted by atomic mass is 32.2. The molecule has 8 nitrogen and oxygen atoms in total. The molecule has 0 unspecified atom stereocenters. The third-order valence-electron chi connectivity index (χ3n) is 5.22. The minimum absolute atomic E-state index is 0.0643. The highest BCUT2D eigenvalue weighted by Crippen LogP contribution is 2.33. The van der Waals surface area contributed by atoms with Crippen LogP contribution in [0.15, 0.2) is 47.4 Å². The van der Waals surface area contributed by atoms with E-state index in [4.69, 9.17) is 0 Å². The Morgan fingerprint density at radius 2 is 1.68 bits per heavy atom. The molecule has 0 atom stereocenters. The third kappa shape index (κ3) is 3.16. The van der Waals surface area contributed by atoms with Crippen molar-refractivity contribution in [3.05, 3.63) is 63.7 Å². The van der Waals surface area contributed by atoms with E-state index in [9.17, 15) is 23.3 Å². The van der Waals surface area contributed by atoms with Crippen LogP contribution in [0.1, 0.15) is 28.8 Å². The number of non-ortho nitro benzene ring substituents is 1. The van der Waals surface area contributed by atoms with Crippen molar-refractivity contribution in [3.8, 4) is 0 Å². The Morgan fingerprint density at radius 3 is 2.32 bits per heavy atom. The molecular weight excluding hydrogens is 382 g/mol. The predicted octanol–water partition coefficient (Wildman–Crippen LogP) is 2.58. The predicted molar refractivity (Wildman–Crippen MR) is 103 cm³/mol. The van der Waals surface area contributed by atoms with E-state index >= 15 is 0 Å². The third-order valence-corrected chi connectivity index (χ3v) is 7.14. The van der Waals surface area contributed by atoms with Crippen molar-refractivity contribution in [2.75, 3.05) is 24.5 Å². The zero-order chi connectivity index (χ0) is 19.9. The Labute approximate surface area is 162 Å². The minimum atomic E-state index is -3.53. The second kappa shape index (κ2) is 6.99. The molecule has 0 aromatic heterocycles. The zero-order valence-corrected chi connectivity index (χ0v) is 15.9. The van der Waals surface area contributed by atoms with E-state index < -0.39 is 14.9 Å². The first kappa shape index (κ1) is 18.6. The number of carbonyl (C=O) groups is 1. The first-order valence-corrected chi connectivity index (χ1v) is 10.5. The average Bonchev–Trinajstić information content (AvgIpc) is 3.37. The number of hydrogen-bond acceptors (Lipinski definition) is 5. The number of carbonyl (C=O) groups excluding carboxylic acids is 1. The van der Waals surface area contributed by atoms with Crippen molar-refractivity contribution >= 4 is 27.3 Å². The van der Waals surface area contributed by atoms with Crippen molar-refractivity contribution in [1.29, 1.82) is 0 Å². The number of benzene rings is 2. The largest absolute Gasteiger partial charge is 0.308 e. The van der Waals surface area contributed by atoms with Crippen LogP contribution in [0.2, 0.25) is 0 Å². The molecule has 0 radical (unpaired) electrons. The van der Waals surface area contributed by atoms with Gasteiger partial charge in [-0.15, -0.1) is 0 Å². The molecule has 2 aliphatic rings. The zero-order valence-electron chi connectivity index (χ0n) is 15.1. The molecule has 0 aliphatic carbocycles. The van der Waals surface area contributed by atoms with Gasteiger partial charge in [0.25, 0.3) is 11.6 Å². The van der Waals surface area contributed by atoms with Gasteiger partial charge in [-0.25, -0.2) is 8.42 Å².